The second-order valence-corrected chi connectivity index (χ2v) is 8.27. The second-order valence-electron chi connectivity index (χ2n) is 7.09. The summed E-state index contributed by atoms with van der Waals surface area (Å²) < 4.78 is 36.6. The summed E-state index contributed by atoms with van der Waals surface area (Å²) in [6.07, 6.45) is 3.00. The molecule has 3 N–H and O–H groups in total. The van der Waals surface area contributed by atoms with Crippen LogP contribution in [0, 0.1) is 11.6 Å². The average molecular weight is 475 g/mol. The molecule has 0 saturated carbocycles. The second kappa shape index (κ2) is 10.2. The van der Waals surface area contributed by atoms with Crippen LogP contribution >= 0.6 is 23.1 Å². The van der Waals surface area contributed by atoms with Gasteiger partial charge >= 0.3 is 12.0 Å². The third-order valence-electron chi connectivity index (χ3n) is 4.99. The Morgan fingerprint density at radius 1 is 1.39 bits per heavy atom. The lowest BCUT2D eigenvalue weighted by Crippen LogP contribution is -2.34. The van der Waals surface area contributed by atoms with Crippen molar-refractivity contribution in [1.82, 2.24) is 14.6 Å². The van der Waals surface area contributed by atoms with E-state index >= 15 is 0 Å². The Morgan fingerprint density at radius 2 is 2.16 bits per heavy atom. The van der Waals surface area contributed by atoms with Gasteiger partial charge in [-0.3, -0.25) is 5.32 Å². The number of urea groups is 1. The molecule has 0 aliphatic carbocycles. The minimum absolute atomic E-state index is 0.0271. The number of carbonyl (C=O) groups excluding carboxylic acids is 1. The molecule has 1 aromatic heterocycles. The summed E-state index contributed by atoms with van der Waals surface area (Å²) in [6.45, 7) is 1.01. The number of rotatable bonds is 8. The monoisotopic (exact) mass is 474 g/mol. The van der Waals surface area contributed by atoms with Gasteiger partial charge in [-0.15, -0.1) is 0 Å². The molecule has 1 unspecified atom stereocenters. The van der Waals surface area contributed by atoms with Crippen LogP contribution in [-0.4, -0.2) is 52.6 Å². The van der Waals surface area contributed by atoms with Crippen molar-refractivity contribution in [2.24, 2.45) is 0 Å². The molecule has 1 aliphatic rings. The Hall–Kier alpha value is -2.50. The fourth-order valence-corrected chi connectivity index (χ4v) is 4.18. The molecule has 0 bridgehead atoms. The van der Waals surface area contributed by atoms with Crippen LogP contribution in [0.3, 0.4) is 0 Å². The van der Waals surface area contributed by atoms with Gasteiger partial charge in [-0.25, -0.2) is 18.4 Å². The van der Waals surface area contributed by atoms with Gasteiger partial charge in [-0.05, 0) is 56.5 Å². The SMILES string of the molecule is CN1CCCC1CCNC(=O)Nc1snc(OCc2cc(F)c(Cl)cc2F)c1C(=O)O. The topological polar surface area (TPSA) is 104 Å². The number of halogens is 3. The summed E-state index contributed by atoms with van der Waals surface area (Å²) in [5, 5.41) is 14.2. The summed E-state index contributed by atoms with van der Waals surface area (Å²) in [7, 11) is 2.04. The highest BCUT2D eigenvalue weighted by molar-refractivity contribution is 7.11. The highest BCUT2D eigenvalue weighted by atomic mass is 35.5. The Labute approximate surface area is 186 Å². The number of likely N-dealkylation sites (tertiary alicyclic amines) is 1. The molecular weight excluding hydrogens is 454 g/mol. The van der Waals surface area contributed by atoms with E-state index in [9.17, 15) is 23.5 Å². The first kappa shape index (κ1) is 23.2. The van der Waals surface area contributed by atoms with Crippen LogP contribution < -0.4 is 15.4 Å². The van der Waals surface area contributed by atoms with Crippen LogP contribution in [0.15, 0.2) is 12.1 Å². The number of benzene rings is 1. The summed E-state index contributed by atoms with van der Waals surface area (Å²) in [5.74, 6) is -3.32. The number of carboxylic acid groups (broad SMARTS) is 1. The molecule has 31 heavy (non-hydrogen) atoms. The predicted octanol–water partition coefficient (Wildman–Crippen LogP) is 3.96. The Kier molecular flexibility index (Phi) is 7.63. The number of hydrogen-bond acceptors (Lipinski definition) is 6. The third kappa shape index (κ3) is 5.81. The highest BCUT2D eigenvalue weighted by Crippen LogP contribution is 2.31. The molecule has 0 spiro atoms. The lowest BCUT2D eigenvalue weighted by molar-refractivity contribution is 0.0693. The van der Waals surface area contributed by atoms with Gasteiger partial charge in [0.1, 0.15) is 23.2 Å². The number of hydrogen-bond donors (Lipinski definition) is 3. The molecule has 1 fully saturated rings. The largest absolute Gasteiger partial charge is 0.477 e. The van der Waals surface area contributed by atoms with Gasteiger partial charge in [0.05, 0.1) is 5.02 Å². The molecular formula is C19H21ClF2N4O4S. The van der Waals surface area contributed by atoms with Crippen molar-refractivity contribution in [2.75, 3.05) is 25.5 Å². The van der Waals surface area contributed by atoms with E-state index in [0.717, 1.165) is 37.9 Å². The lowest BCUT2D eigenvalue weighted by atomic mass is 10.1. The van der Waals surface area contributed by atoms with Gasteiger partial charge in [-0.1, -0.05) is 11.6 Å². The molecule has 8 nitrogen and oxygen atoms in total. The van der Waals surface area contributed by atoms with Crippen molar-refractivity contribution in [3.05, 3.63) is 39.9 Å². The number of nitrogens with one attached hydrogen (secondary N) is 2. The first-order chi connectivity index (χ1) is 14.8. The number of aromatic nitrogens is 1. The van der Waals surface area contributed by atoms with Crippen LogP contribution in [-0.2, 0) is 6.61 Å². The molecule has 1 saturated heterocycles. The minimum atomic E-state index is -1.38. The van der Waals surface area contributed by atoms with Gasteiger partial charge in [0.15, 0.2) is 5.56 Å². The molecule has 1 aliphatic heterocycles. The molecule has 168 valence electrons. The standard InChI is InChI=1S/C19H21ClF2N4O4S/c1-26-6-2-3-11(26)4-5-23-19(29)24-17-15(18(27)28)16(25-31-17)30-9-10-7-14(22)12(20)8-13(10)21/h7-8,11H,2-6,9H2,1H3,(H,27,28)(H2,23,24,29). The quantitative estimate of drug-likeness (QED) is 0.500. The maximum Gasteiger partial charge on any atom is 0.344 e. The number of anilines is 1. The number of carboxylic acids is 1. The lowest BCUT2D eigenvalue weighted by Gasteiger charge is -2.19. The summed E-state index contributed by atoms with van der Waals surface area (Å²) in [5.41, 5.74) is -0.527. The highest BCUT2D eigenvalue weighted by Gasteiger charge is 2.24. The van der Waals surface area contributed by atoms with Crippen molar-refractivity contribution in [2.45, 2.75) is 31.9 Å². The normalized spacial score (nSPS) is 16.3. The molecule has 1 atom stereocenters. The van der Waals surface area contributed by atoms with E-state index in [-0.39, 0.29) is 27.0 Å². The van der Waals surface area contributed by atoms with Crippen molar-refractivity contribution in [1.29, 1.82) is 0 Å². The molecule has 2 amide bonds. The zero-order valence-corrected chi connectivity index (χ0v) is 18.2. The minimum Gasteiger partial charge on any atom is -0.477 e. The Morgan fingerprint density at radius 3 is 2.84 bits per heavy atom. The zero-order valence-electron chi connectivity index (χ0n) is 16.6. The van der Waals surface area contributed by atoms with E-state index in [0.29, 0.717) is 24.1 Å². The molecule has 2 heterocycles. The van der Waals surface area contributed by atoms with Crippen LogP contribution in [0.1, 0.15) is 35.2 Å². The Bertz CT molecular complexity index is 975. The van der Waals surface area contributed by atoms with Gasteiger partial charge in [-0.2, -0.15) is 4.37 Å². The molecule has 2 aromatic rings. The van der Waals surface area contributed by atoms with E-state index in [1.54, 1.807) is 0 Å². The molecule has 3 rings (SSSR count). The Balaban J connectivity index is 1.60. The maximum atomic E-state index is 13.9. The van der Waals surface area contributed by atoms with E-state index in [1.165, 1.54) is 0 Å². The van der Waals surface area contributed by atoms with Crippen LogP contribution in [0.4, 0.5) is 18.6 Å². The van der Waals surface area contributed by atoms with E-state index in [1.807, 2.05) is 7.05 Å². The first-order valence-electron chi connectivity index (χ1n) is 9.50. The number of aromatic carboxylic acids is 1. The third-order valence-corrected chi connectivity index (χ3v) is 6.03. The number of ether oxygens (including phenoxy) is 1. The van der Waals surface area contributed by atoms with E-state index in [4.69, 9.17) is 16.3 Å². The van der Waals surface area contributed by atoms with Gasteiger partial charge < -0.3 is 20.1 Å². The summed E-state index contributed by atoms with van der Waals surface area (Å²) >= 11 is 6.22. The first-order valence-corrected chi connectivity index (χ1v) is 10.7. The fraction of sp³-hybridized carbons (Fsp3) is 0.421. The van der Waals surface area contributed by atoms with Gasteiger partial charge in [0.2, 0.25) is 5.88 Å². The summed E-state index contributed by atoms with van der Waals surface area (Å²) in [6, 6.07) is 1.51. The summed E-state index contributed by atoms with van der Waals surface area (Å²) in [4.78, 5) is 26.0. The van der Waals surface area contributed by atoms with Gasteiger partial charge in [0.25, 0.3) is 0 Å². The van der Waals surface area contributed by atoms with Crippen LogP contribution in [0.25, 0.3) is 0 Å². The van der Waals surface area contributed by atoms with E-state index < -0.39 is 30.2 Å². The van der Waals surface area contributed by atoms with Gasteiger partial charge in [0, 0.05) is 18.2 Å². The molecule has 0 radical (unpaired) electrons. The van der Waals surface area contributed by atoms with E-state index in [2.05, 4.69) is 19.9 Å². The van der Waals surface area contributed by atoms with Crippen LogP contribution in [0.5, 0.6) is 5.88 Å². The smallest absolute Gasteiger partial charge is 0.344 e. The molecule has 12 heteroatoms. The average Bonchev–Trinajstić information content (AvgIpc) is 3.29. The number of nitrogens with zero attached hydrogens (tertiary/aromatic N) is 2. The van der Waals surface area contributed by atoms with Crippen molar-refractivity contribution < 1.29 is 28.2 Å². The fourth-order valence-electron chi connectivity index (χ4n) is 3.31. The van der Waals surface area contributed by atoms with Crippen LogP contribution in [0.2, 0.25) is 5.02 Å². The molecule has 1 aromatic carbocycles. The van der Waals surface area contributed by atoms with Crippen molar-refractivity contribution in [3.63, 3.8) is 0 Å². The number of carbonyl (C=O) groups is 2. The van der Waals surface area contributed by atoms with Crippen molar-refractivity contribution >= 4 is 40.1 Å². The zero-order chi connectivity index (χ0) is 22.5. The number of amides is 2. The van der Waals surface area contributed by atoms with Crippen molar-refractivity contribution in [3.8, 4) is 5.88 Å². The predicted molar refractivity (Wildman–Crippen MR) is 112 cm³/mol. The maximum absolute atomic E-state index is 13.9.